The number of aryl methyl sites for hydroxylation is 2. The fourth-order valence-electron chi connectivity index (χ4n) is 3.34. The number of nitrogens with zero attached hydrogens (tertiary/aromatic N) is 5. The third-order valence-corrected chi connectivity index (χ3v) is 4.76. The zero-order valence-corrected chi connectivity index (χ0v) is 14.7. The monoisotopic (exact) mass is 339 g/mol. The lowest BCUT2D eigenvalue weighted by atomic mass is 10.1. The minimum absolute atomic E-state index is 0.0319. The third-order valence-electron chi connectivity index (χ3n) is 4.76. The molecule has 4 rings (SSSR count). The number of piperazine rings is 1. The fraction of sp³-hybridized carbons (Fsp3) is 0.389. The topological polar surface area (TPSA) is 67.4 Å². The summed E-state index contributed by atoms with van der Waals surface area (Å²) in [5, 5.41) is 5.28. The quantitative estimate of drug-likeness (QED) is 0.714. The summed E-state index contributed by atoms with van der Waals surface area (Å²) in [5.41, 5.74) is 2.81. The molecule has 1 aliphatic rings. The maximum absolute atomic E-state index is 13.2. The molecule has 7 nitrogen and oxygen atoms in total. The van der Waals surface area contributed by atoms with Crippen molar-refractivity contribution < 1.29 is 9.21 Å². The van der Waals surface area contributed by atoms with Crippen molar-refractivity contribution in [1.29, 1.82) is 0 Å². The van der Waals surface area contributed by atoms with Crippen molar-refractivity contribution in [2.45, 2.75) is 6.92 Å². The van der Waals surface area contributed by atoms with Crippen molar-refractivity contribution in [2.75, 3.05) is 33.2 Å². The van der Waals surface area contributed by atoms with Crippen LogP contribution in [0.4, 0.5) is 0 Å². The van der Waals surface area contributed by atoms with Crippen molar-refractivity contribution in [1.82, 2.24) is 24.6 Å². The lowest BCUT2D eigenvalue weighted by Gasteiger charge is -2.32. The van der Waals surface area contributed by atoms with E-state index in [9.17, 15) is 4.79 Å². The number of carbonyl (C=O) groups is 1. The Hall–Kier alpha value is -2.67. The second kappa shape index (κ2) is 6.00. The summed E-state index contributed by atoms with van der Waals surface area (Å²) in [6.45, 7) is 5.15. The van der Waals surface area contributed by atoms with E-state index in [0.717, 1.165) is 37.3 Å². The van der Waals surface area contributed by atoms with Crippen LogP contribution in [-0.2, 0) is 7.05 Å². The lowest BCUT2D eigenvalue weighted by Crippen LogP contribution is -2.47. The number of carbonyl (C=O) groups excluding carboxylic acids is 1. The predicted molar refractivity (Wildman–Crippen MR) is 94.3 cm³/mol. The molecule has 3 aromatic heterocycles. The Balaban J connectivity index is 1.85. The first-order valence-electron chi connectivity index (χ1n) is 8.40. The average molecular weight is 339 g/mol. The molecule has 0 spiro atoms. The molecule has 0 aromatic carbocycles. The first-order chi connectivity index (χ1) is 12.0. The summed E-state index contributed by atoms with van der Waals surface area (Å²) < 4.78 is 7.21. The minimum atomic E-state index is 0.0319. The number of rotatable bonds is 2. The van der Waals surface area contributed by atoms with Crippen molar-refractivity contribution in [3.05, 3.63) is 35.7 Å². The second-order valence-electron chi connectivity index (χ2n) is 6.54. The largest absolute Gasteiger partial charge is 0.463 e. The summed E-state index contributed by atoms with van der Waals surface area (Å²) in [7, 11) is 3.92. The van der Waals surface area contributed by atoms with Crippen molar-refractivity contribution in [2.24, 2.45) is 7.05 Å². The number of hydrogen-bond acceptors (Lipinski definition) is 5. The molecule has 0 aliphatic carbocycles. The molecule has 1 saturated heterocycles. The van der Waals surface area contributed by atoms with E-state index in [-0.39, 0.29) is 5.91 Å². The van der Waals surface area contributed by atoms with Crippen LogP contribution in [-0.4, -0.2) is 63.7 Å². The number of fused-ring (bicyclic) bond motifs is 1. The molecule has 0 N–H and O–H groups in total. The van der Waals surface area contributed by atoms with E-state index in [1.54, 1.807) is 10.9 Å². The number of likely N-dealkylation sites (N-methyl/N-ethyl adjacent to an activating group) is 1. The van der Waals surface area contributed by atoms with Crippen LogP contribution in [0.1, 0.15) is 16.1 Å². The number of amides is 1. The highest BCUT2D eigenvalue weighted by atomic mass is 16.3. The van der Waals surface area contributed by atoms with Gasteiger partial charge >= 0.3 is 0 Å². The summed E-state index contributed by atoms with van der Waals surface area (Å²) in [5.74, 6) is 0.678. The second-order valence-corrected chi connectivity index (χ2v) is 6.54. The molecule has 4 heterocycles. The third kappa shape index (κ3) is 2.70. The van der Waals surface area contributed by atoms with Gasteiger partial charge < -0.3 is 14.2 Å². The van der Waals surface area contributed by atoms with Crippen LogP contribution >= 0.6 is 0 Å². The maximum Gasteiger partial charge on any atom is 0.254 e. The Morgan fingerprint density at radius 3 is 2.64 bits per heavy atom. The molecular weight excluding hydrogens is 318 g/mol. The van der Waals surface area contributed by atoms with Crippen LogP contribution < -0.4 is 0 Å². The molecule has 0 atom stereocenters. The smallest absolute Gasteiger partial charge is 0.254 e. The van der Waals surface area contributed by atoms with Crippen LogP contribution in [0.2, 0.25) is 0 Å². The van der Waals surface area contributed by atoms with Gasteiger partial charge in [0.1, 0.15) is 5.69 Å². The zero-order valence-electron chi connectivity index (χ0n) is 14.7. The summed E-state index contributed by atoms with van der Waals surface area (Å²) in [4.78, 5) is 22.0. The van der Waals surface area contributed by atoms with Gasteiger partial charge in [0.2, 0.25) is 0 Å². The van der Waals surface area contributed by atoms with Crippen molar-refractivity contribution >= 4 is 16.9 Å². The standard InChI is InChI=1S/C18H21N5O2/c1-12-16-13(18(24)23-8-6-21(2)7-9-23)11-14(15-5-4-10-25-15)19-17(16)22(3)20-12/h4-5,10-11H,6-9H2,1-3H3. The SMILES string of the molecule is Cc1nn(C)c2nc(-c3ccco3)cc(C(=O)N3CCN(C)CC3)c12. The van der Waals surface area contributed by atoms with Gasteiger partial charge in [-0.15, -0.1) is 0 Å². The van der Waals surface area contributed by atoms with E-state index in [4.69, 9.17) is 4.42 Å². The van der Waals surface area contributed by atoms with Gasteiger partial charge in [-0.3, -0.25) is 9.48 Å². The van der Waals surface area contributed by atoms with Gasteiger partial charge in [-0.25, -0.2) is 4.98 Å². The molecule has 130 valence electrons. The van der Waals surface area contributed by atoms with Crippen LogP contribution in [0.3, 0.4) is 0 Å². The van der Waals surface area contributed by atoms with Gasteiger partial charge in [0, 0.05) is 33.2 Å². The van der Waals surface area contributed by atoms with E-state index in [1.807, 2.05) is 37.1 Å². The van der Waals surface area contributed by atoms with E-state index in [2.05, 4.69) is 22.0 Å². The average Bonchev–Trinajstić information content (AvgIpc) is 3.23. The number of aromatic nitrogens is 3. The Labute approximate surface area is 145 Å². The van der Waals surface area contributed by atoms with E-state index >= 15 is 0 Å². The van der Waals surface area contributed by atoms with Crippen molar-refractivity contribution in [3.8, 4) is 11.5 Å². The lowest BCUT2D eigenvalue weighted by molar-refractivity contribution is 0.0666. The van der Waals surface area contributed by atoms with Gasteiger partial charge in [-0.05, 0) is 32.2 Å². The molecule has 1 aliphatic heterocycles. The number of furan rings is 1. The molecular formula is C18H21N5O2. The van der Waals surface area contributed by atoms with Crippen LogP contribution in [0.25, 0.3) is 22.5 Å². The number of pyridine rings is 1. The molecule has 0 saturated carbocycles. The number of hydrogen-bond donors (Lipinski definition) is 0. The van der Waals surface area contributed by atoms with Crippen molar-refractivity contribution in [3.63, 3.8) is 0 Å². The van der Waals surface area contributed by atoms with E-state index in [1.165, 1.54) is 0 Å². The maximum atomic E-state index is 13.2. The molecule has 1 fully saturated rings. The minimum Gasteiger partial charge on any atom is -0.463 e. The highest BCUT2D eigenvalue weighted by Gasteiger charge is 2.25. The van der Waals surface area contributed by atoms with E-state index in [0.29, 0.717) is 22.7 Å². The highest BCUT2D eigenvalue weighted by molar-refractivity contribution is 6.07. The van der Waals surface area contributed by atoms with Gasteiger partial charge in [-0.2, -0.15) is 5.10 Å². The molecule has 3 aromatic rings. The zero-order chi connectivity index (χ0) is 17.6. The first-order valence-corrected chi connectivity index (χ1v) is 8.40. The summed E-state index contributed by atoms with van der Waals surface area (Å²) in [6, 6.07) is 5.50. The Morgan fingerprint density at radius 2 is 1.96 bits per heavy atom. The van der Waals surface area contributed by atoms with Gasteiger partial charge in [-0.1, -0.05) is 0 Å². The predicted octanol–water partition coefficient (Wildman–Crippen LogP) is 1.92. The Bertz CT molecular complexity index is 921. The van der Waals surface area contributed by atoms with Gasteiger partial charge in [0.25, 0.3) is 5.91 Å². The summed E-state index contributed by atoms with van der Waals surface area (Å²) >= 11 is 0. The molecule has 0 unspecified atom stereocenters. The Kier molecular flexibility index (Phi) is 3.80. The van der Waals surface area contributed by atoms with E-state index < -0.39 is 0 Å². The molecule has 0 bridgehead atoms. The fourth-order valence-corrected chi connectivity index (χ4v) is 3.34. The molecule has 0 radical (unpaired) electrons. The first kappa shape index (κ1) is 15.8. The van der Waals surface area contributed by atoms with Gasteiger partial charge in [0.05, 0.1) is 22.9 Å². The van der Waals surface area contributed by atoms with Crippen LogP contribution in [0.15, 0.2) is 28.9 Å². The van der Waals surface area contributed by atoms with Crippen LogP contribution in [0, 0.1) is 6.92 Å². The molecule has 1 amide bonds. The molecule has 25 heavy (non-hydrogen) atoms. The molecule has 7 heteroatoms. The summed E-state index contributed by atoms with van der Waals surface area (Å²) in [6.07, 6.45) is 1.61. The normalized spacial score (nSPS) is 15.9. The van der Waals surface area contributed by atoms with Crippen LogP contribution in [0.5, 0.6) is 0 Å². The Morgan fingerprint density at radius 1 is 1.20 bits per heavy atom. The van der Waals surface area contributed by atoms with Gasteiger partial charge in [0.15, 0.2) is 11.4 Å². The highest BCUT2D eigenvalue weighted by Crippen LogP contribution is 2.28.